The zero-order chi connectivity index (χ0) is 18.5. The van der Waals surface area contributed by atoms with Crippen LogP contribution < -0.4 is 16.4 Å². The Bertz CT molecular complexity index is 1020. The Labute approximate surface area is 150 Å². The number of aromatic amines is 1. The largest absolute Gasteiger partial charge is 0.352 e. The Morgan fingerprint density at radius 3 is 2.42 bits per heavy atom. The van der Waals surface area contributed by atoms with Gasteiger partial charge < -0.3 is 5.32 Å². The van der Waals surface area contributed by atoms with Gasteiger partial charge in [0.1, 0.15) is 6.54 Å². The first-order valence-corrected chi connectivity index (χ1v) is 8.60. The summed E-state index contributed by atoms with van der Waals surface area (Å²) in [4.78, 5) is 36.7. The molecule has 0 aliphatic rings. The summed E-state index contributed by atoms with van der Waals surface area (Å²) < 4.78 is 1.06. The van der Waals surface area contributed by atoms with Crippen molar-refractivity contribution in [2.24, 2.45) is 0 Å². The van der Waals surface area contributed by atoms with E-state index in [-0.39, 0.29) is 29.6 Å². The second-order valence-corrected chi connectivity index (χ2v) is 6.37. The van der Waals surface area contributed by atoms with Crippen molar-refractivity contribution in [1.29, 1.82) is 0 Å². The van der Waals surface area contributed by atoms with E-state index < -0.39 is 0 Å². The highest BCUT2D eigenvalue weighted by atomic mass is 16.2. The fourth-order valence-electron chi connectivity index (χ4n) is 2.92. The van der Waals surface area contributed by atoms with Gasteiger partial charge in [-0.15, -0.1) is 0 Å². The molecule has 0 spiro atoms. The number of benzene rings is 2. The fraction of sp³-hybridized carbons (Fsp3) is 0.250. The molecule has 0 aliphatic heterocycles. The van der Waals surface area contributed by atoms with Gasteiger partial charge in [0.15, 0.2) is 0 Å². The van der Waals surface area contributed by atoms with Gasteiger partial charge in [0.05, 0.1) is 10.8 Å². The average molecular weight is 351 g/mol. The van der Waals surface area contributed by atoms with Crippen LogP contribution in [0.3, 0.4) is 0 Å². The molecule has 0 radical (unpaired) electrons. The minimum atomic E-state index is -0.384. The molecule has 0 fully saturated rings. The van der Waals surface area contributed by atoms with E-state index in [0.717, 1.165) is 17.5 Å². The van der Waals surface area contributed by atoms with Crippen molar-refractivity contribution in [3.8, 4) is 0 Å². The van der Waals surface area contributed by atoms with Crippen LogP contribution in [0.1, 0.15) is 18.9 Å². The Balaban J connectivity index is 1.65. The van der Waals surface area contributed by atoms with Crippen LogP contribution in [-0.4, -0.2) is 21.7 Å². The van der Waals surface area contributed by atoms with Gasteiger partial charge >= 0.3 is 0 Å². The lowest BCUT2D eigenvalue weighted by Gasteiger charge is -2.14. The summed E-state index contributed by atoms with van der Waals surface area (Å²) in [7, 11) is 0. The molecule has 1 unspecified atom stereocenters. The van der Waals surface area contributed by atoms with Crippen molar-refractivity contribution >= 4 is 16.7 Å². The quantitative estimate of drug-likeness (QED) is 0.711. The van der Waals surface area contributed by atoms with Crippen molar-refractivity contribution < 1.29 is 4.79 Å². The number of nitrogens with one attached hydrogen (secondary N) is 2. The van der Waals surface area contributed by atoms with E-state index in [1.807, 2.05) is 37.3 Å². The molecule has 1 amide bonds. The third-order valence-electron chi connectivity index (χ3n) is 4.30. The molecular formula is C20H21N3O3. The summed E-state index contributed by atoms with van der Waals surface area (Å²) >= 11 is 0. The normalized spacial score (nSPS) is 12.0. The lowest BCUT2D eigenvalue weighted by molar-refractivity contribution is -0.122. The van der Waals surface area contributed by atoms with Gasteiger partial charge in [0.2, 0.25) is 5.91 Å². The molecule has 6 nitrogen and oxygen atoms in total. The van der Waals surface area contributed by atoms with Gasteiger partial charge in [-0.2, -0.15) is 0 Å². The molecule has 3 aromatic rings. The Morgan fingerprint density at radius 2 is 1.69 bits per heavy atom. The SMILES string of the molecule is CC(CCc1ccccc1)NC(=O)Cn1[nH]c(=O)c2ccccc2c1=O. The maximum atomic E-state index is 12.4. The number of hydrogen-bond acceptors (Lipinski definition) is 3. The molecule has 6 heteroatoms. The van der Waals surface area contributed by atoms with Gasteiger partial charge in [-0.05, 0) is 37.5 Å². The van der Waals surface area contributed by atoms with E-state index in [0.29, 0.717) is 10.8 Å². The standard InChI is InChI=1S/C20H21N3O3/c1-14(11-12-15-7-3-2-4-8-15)21-18(24)13-23-20(26)17-10-6-5-9-16(17)19(25)22-23/h2-10,14H,11-13H2,1H3,(H,21,24)(H,22,25). The zero-order valence-corrected chi connectivity index (χ0v) is 14.6. The number of fused-ring (bicyclic) bond motifs is 1. The summed E-state index contributed by atoms with van der Waals surface area (Å²) in [6, 6.07) is 16.6. The second kappa shape index (κ2) is 7.82. The number of aryl methyl sites for hydroxylation is 1. The predicted octanol–water partition coefficient (Wildman–Crippen LogP) is 1.83. The van der Waals surface area contributed by atoms with Crippen molar-refractivity contribution in [1.82, 2.24) is 15.1 Å². The first-order valence-electron chi connectivity index (χ1n) is 8.60. The molecule has 2 aromatic carbocycles. The van der Waals surface area contributed by atoms with E-state index >= 15 is 0 Å². The fourth-order valence-corrected chi connectivity index (χ4v) is 2.92. The van der Waals surface area contributed by atoms with Gasteiger partial charge in [0.25, 0.3) is 11.1 Å². The molecular weight excluding hydrogens is 330 g/mol. The number of carbonyl (C=O) groups is 1. The van der Waals surface area contributed by atoms with Crippen LogP contribution in [0.5, 0.6) is 0 Å². The highest BCUT2D eigenvalue weighted by Crippen LogP contribution is 2.05. The number of nitrogens with zero attached hydrogens (tertiary/aromatic N) is 1. The van der Waals surface area contributed by atoms with Crippen LogP contribution in [0.4, 0.5) is 0 Å². The van der Waals surface area contributed by atoms with E-state index in [1.54, 1.807) is 24.3 Å². The lowest BCUT2D eigenvalue weighted by atomic mass is 10.1. The molecule has 0 saturated heterocycles. The van der Waals surface area contributed by atoms with E-state index in [1.165, 1.54) is 5.56 Å². The maximum absolute atomic E-state index is 12.4. The number of carbonyl (C=O) groups excluding carboxylic acids is 1. The summed E-state index contributed by atoms with van der Waals surface area (Å²) in [5.41, 5.74) is 0.445. The third-order valence-corrected chi connectivity index (χ3v) is 4.30. The Morgan fingerprint density at radius 1 is 1.04 bits per heavy atom. The number of H-pyrrole nitrogens is 1. The number of aromatic nitrogens is 2. The first kappa shape index (κ1) is 17.7. The van der Waals surface area contributed by atoms with Gasteiger partial charge in [-0.25, -0.2) is 4.68 Å². The van der Waals surface area contributed by atoms with Gasteiger partial charge in [0, 0.05) is 6.04 Å². The number of hydrogen-bond donors (Lipinski definition) is 2. The monoisotopic (exact) mass is 351 g/mol. The predicted molar refractivity (Wildman–Crippen MR) is 101 cm³/mol. The number of amides is 1. The lowest BCUT2D eigenvalue weighted by Crippen LogP contribution is -2.40. The molecule has 1 heterocycles. The van der Waals surface area contributed by atoms with Gasteiger partial charge in [-0.1, -0.05) is 42.5 Å². The molecule has 1 aromatic heterocycles. The minimum absolute atomic E-state index is 0.0365. The second-order valence-electron chi connectivity index (χ2n) is 6.37. The summed E-state index contributed by atoms with van der Waals surface area (Å²) in [5, 5.41) is 5.97. The zero-order valence-electron chi connectivity index (χ0n) is 14.6. The van der Waals surface area contributed by atoms with Crippen LogP contribution in [0, 0.1) is 0 Å². The van der Waals surface area contributed by atoms with Crippen LogP contribution >= 0.6 is 0 Å². The van der Waals surface area contributed by atoms with E-state index in [9.17, 15) is 14.4 Å². The average Bonchev–Trinajstić information content (AvgIpc) is 2.65. The van der Waals surface area contributed by atoms with Crippen LogP contribution in [0.2, 0.25) is 0 Å². The molecule has 2 N–H and O–H groups in total. The molecule has 1 atom stereocenters. The summed E-state index contributed by atoms with van der Waals surface area (Å²) in [5.74, 6) is -0.307. The molecule has 134 valence electrons. The molecule has 3 rings (SSSR count). The van der Waals surface area contributed by atoms with E-state index in [4.69, 9.17) is 0 Å². The highest BCUT2D eigenvalue weighted by molar-refractivity contribution is 5.81. The molecule has 0 saturated carbocycles. The van der Waals surface area contributed by atoms with Crippen molar-refractivity contribution in [3.63, 3.8) is 0 Å². The van der Waals surface area contributed by atoms with Crippen molar-refractivity contribution in [3.05, 3.63) is 80.9 Å². The van der Waals surface area contributed by atoms with Crippen LogP contribution in [-0.2, 0) is 17.8 Å². The summed E-state index contributed by atoms with van der Waals surface area (Å²) in [6.07, 6.45) is 1.65. The van der Waals surface area contributed by atoms with E-state index in [2.05, 4.69) is 10.4 Å². The first-order chi connectivity index (χ1) is 12.5. The van der Waals surface area contributed by atoms with Crippen LogP contribution in [0.15, 0.2) is 64.2 Å². The molecule has 0 bridgehead atoms. The van der Waals surface area contributed by atoms with Crippen molar-refractivity contribution in [2.45, 2.75) is 32.4 Å². The number of rotatable bonds is 6. The third kappa shape index (κ3) is 4.08. The molecule has 0 aliphatic carbocycles. The van der Waals surface area contributed by atoms with Crippen molar-refractivity contribution in [2.75, 3.05) is 0 Å². The Hall–Kier alpha value is -3.15. The topological polar surface area (TPSA) is 84.0 Å². The maximum Gasteiger partial charge on any atom is 0.273 e. The Kier molecular flexibility index (Phi) is 5.31. The van der Waals surface area contributed by atoms with Gasteiger partial charge in [-0.3, -0.25) is 19.5 Å². The minimum Gasteiger partial charge on any atom is -0.352 e. The smallest absolute Gasteiger partial charge is 0.273 e. The highest BCUT2D eigenvalue weighted by Gasteiger charge is 2.12. The molecule has 26 heavy (non-hydrogen) atoms. The summed E-state index contributed by atoms with van der Waals surface area (Å²) in [6.45, 7) is 1.71. The van der Waals surface area contributed by atoms with Crippen LogP contribution in [0.25, 0.3) is 10.8 Å².